The van der Waals surface area contributed by atoms with Crippen LogP contribution in [-0.2, 0) is 0 Å². The second-order valence-electron chi connectivity index (χ2n) is 8.19. The first-order chi connectivity index (χ1) is 18.0. The van der Waals surface area contributed by atoms with Gasteiger partial charge in [-0.05, 0) is 69.6 Å². The number of aromatic nitrogens is 2. The van der Waals surface area contributed by atoms with E-state index in [0.29, 0.717) is 10.8 Å². The van der Waals surface area contributed by atoms with Crippen LogP contribution < -0.4 is 0 Å². The van der Waals surface area contributed by atoms with Gasteiger partial charge in [-0.15, -0.1) is 0 Å². The highest BCUT2D eigenvalue weighted by Gasteiger charge is 2.15. The lowest BCUT2D eigenvalue weighted by Gasteiger charge is -2.12. The summed E-state index contributed by atoms with van der Waals surface area (Å²) in [5, 5.41) is 4.88. The SMILES string of the molecule is [2H]c1c([2H])c([2H])c2c(c(-c3cccnc3)cc3cc4c(cc32)c2ccccc2n4-c2ccccc2)c1[2H]. The van der Waals surface area contributed by atoms with Crippen LogP contribution in [0.25, 0.3) is 60.2 Å². The van der Waals surface area contributed by atoms with Crippen LogP contribution in [-0.4, -0.2) is 9.55 Å². The zero-order valence-corrected chi connectivity index (χ0v) is 17.6. The molecule has 5 aromatic carbocycles. The van der Waals surface area contributed by atoms with Gasteiger partial charge in [0.2, 0.25) is 0 Å². The molecule has 2 aromatic heterocycles. The highest BCUT2D eigenvalue weighted by atomic mass is 15.0. The smallest absolute Gasteiger partial charge is 0.0629 e. The summed E-state index contributed by atoms with van der Waals surface area (Å²) in [6.07, 6.45) is 3.44. The van der Waals surface area contributed by atoms with Crippen molar-refractivity contribution < 1.29 is 5.48 Å². The van der Waals surface area contributed by atoms with Crippen LogP contribution in [0.15, 0.2) is 121 Å². The molecule has 0 bridgehead atoms. The Kier molecular flexibility index (Phi) is 3.12. The minimum atomic E-state index is -0.233. The van der Waals surface area contributed by atoms with Crippen molar-refractivity contribution >= 4 is 43.4 Å². The molecule has 0 amide bonds. The molecule has 2 heteroatoms. The van der Waals surface area contributed by atoms with Crippen LogP contribution in [0.3, 0.4) is 0 Å². The lowest BCUT2D eigenvalue weighted by atomic mass is 9.93. The van der Waals surface area contributed by atoms with E-state index < -0.39 is 0 Å². The minimum Gasteiger partial charge on any atom is -0.309 e. The summed E-state index contributed by atoms with van der Waals surface area (Å²) >= 11 is 0. The molecule has 0 saturated heterocycles. The monoisotopic (exact) mass is 424 g/mol. The van der Waals surface area contributed by atoms with Crippen LogP contribution in [0.5, 0.6) is 0 Å². The molecule has 154 valence electrons. The minimum absolute atomic E-state index is 0.0297. The van der Waals surface area contributed by atoms with Crippen LogP contribution >= 0.6 is 0 Å². The summed E-state index contributed by atoms with van der Waals surface area (Å²) in [7, 11) is 0. The highest BCUT2D eigenvalue weighted by Crippen LogP contribution is 2.39. The van der Waals surface area contributed by atoms with Crippen molar-refractivity contribution in [1.29, 1.82) is 0 Å². The quantitative estimate of drug-likeness (QED) is 0.256. The number of nitrogens with zero attached hydrogens (tertiary/aromatic N) is 2. The van der Waals surface area contributed by atoms with Crippen LogP contribution in [0.1, 0.15) is 5.48 Å². The van der Waals surface area contributed by atoms with Crippen molar-refractivity contribution in [3.8, 4) is 16.8 Å². The summed E-state index contributed by atoms with van der Waals surface area (Å²) in [5.41, 5.74) is 4.73. The molecule has 0 unspecified atom stereocenters. The largest absolute Gasteiger partial charge is 0.309 e. The number of para-hydroxylation sites is 2. The maximum Gasteiger partial charge on any atom is 0.0629 e. The van der Waals surface area contributed by atoms with Gasteiger partial charge in [-0.2, -0.15) is 0 Å². The molecule has 0 spiro atoms. The van der Waals surface area contributed by atoms with E-state index in [4.69, 9.17) is 5.48 Å². The Labute approximate surface area is 197 Å². The van der Waals surface area contributed by atoms with Gasteiger partial charge in [-0.25, -0.2) is 0 Å². The normalized spacial score (nSPS) is 13.3. The van der Waals surface area contributed by atoms with Gasteiger partial charge in [-0.3, -0.25) is 4.98 Å². The molecule has 7 aromatic rings. The second kappa shape index (κ2) is 7.04. The Morgan fingerprint density at radius 2 is 1.45 bits per heavy atom. The van der Waals surface area contributed by atoms with Crippen molar-refractivity contribution in [1.82, 2.24) is 9.55 Å². The van der Waals surface area contributed by atoms with E-state index in [1.54, 1.807) is 12.4 Å². The van der Waals surface area contributed by atoms with Gasteiger partial charge in [0.25, 0.3) is 0 Å². The predicted octanol–water partition coefficient (Wildman–Crippen LogP) is 8.15. The Balaban J connectivity index is 1.73. The number of hydrogen-bond acceptors (Lipinski definition) is 1. The molecule has 0 fully saturated rings. The first kappa shape index (κ1) is 14.6. The number of hydrogen-bond donors (Lipinski definition) is 0. The summed E-state index contributed by atoms with van der Waals surface area (Å²) in [4.78, 5) is 4.28. The van der Waals surface area contributed by atoms with Crippen molar-refractivity contribution in [3.05, 3.63) is 121 Å². The third kappa shape index (κ3) is 2.71. The summed E-state index contributed by atoms with van der Waals surface area (Å²) in [5.74, 6) is 0. The number of fused-ring (bicyclic) bond motifs is 6. The van der Waals surface area contributed by atoms with Gasteiger partial charge in [-0.1, -0.05) is 66.6 Å². The molecule has 33 heavy (non-hydrogen) atoms. The Morgan fingerprint density at radius 1 is 0.636 bits per heavy atom. The Hall–Kier alpha value is -4.43. The molecule has 0 radical (unpaired) electrons. The van der Waals surface area contributed by atoms with E-state index in [-0.39, 0.29) is 24.2 Å². The predicted molar refractivity (Wildman–Crippen MR) is 139 cm³/mol. The average Bonchev–Trinajstić information content (AvgIpc) is 3.27. The molecule has 0 aliphatic heterocycles. The summed E-state index contributed by atoms with van der Waals surface area (Å²) in [6.45, 7) is 0. The van der Waals surface area contributed by atoms with Crippen LogP contribution in [0.2, 0.25) is 0 Å². The number of benzene rings is 5. The highest BCUT2D eigenvalue weighted by molar-refractivity contribution is 6.20. The van der Waals surface area contributed by atoms with Gasteiger partial charge in [0.15, 0.2) is 0 Å². The maximum absolute atomic E-state index is 8.87. The van der Waals surface area contributed by atoms with E-state index in [2.05, 4.69) is 45.9 Å². The molecular formula is C31H20N2. The third-order valence-electron chi connectivity index (χ3n) is 6.36. The molecule has 7 rings (SSSR count). The standard InChI is InChI=1S/C31H20N2/c1-2-10-23(11-3-1)33-30-15-7-6-14-26(30)29-19-28-22(18-31(29)33)17-27(21-9-8-16-32-20-21)24-12-4-5-13-25(24)28/h1-20H/i4D,5D,12D,13D. The van der Waals surface area contributed by atoms with Gasteiger partial charge in [0.05, 0.1) is 16.5 Å². The summed E-state index contributed by atoms with van der Waals surface area (Å²) in [6, 6.07) is 28.0. The van der Waals surface area contributed by atoms with E-state index >= 15 is 0 Å². The van der Waals surface area contributed by atoms with E-state index in [1.807, 2.05) is 48.5 Å². The molecule has 0 atom stereocenters. The van der Waals surface area contributed by atoms with Crippen molar-refractivity contribution in [2.75, 3.05) is 0 Å². The fourth-order valence-electron chi connectivity index (χ4n) is 4.92. The first-order valence-electron chi connectivity index (χ1n) is 12.9. The fourth-order valence-corrected chi connectivity index (χ4v) is 4.92. The molecule has 0 aliphatic carbocycles. The zero-order chi connectivity index (χ0) is 25.3. The van der Waals surface area contributed by atoms with E-state index in [9.17, 15) is 0 Å². The zero-order valence-electron chi connectivity index (χ0n) is 21.6. The Morgan fingerprint density at radius 3 is 2.30 bits per heavy atom. The lowest BCUT2D eigenvalue weighted by molar-refractivity contribution is 1.18. The topological polar surface area (TPSA) is 17.8 Å². The van der Waals surface area contributed by atoms with Crippen molar-refractivity contribution in [2.24, 2.45) is 0 Å². The number of pyridine rings is 1. The van der Waals surface area contributed by atoms with Gasteiger partial charge in [0, 0.05) is 34.4 Å². The van der Waals surface area contributed by atoms with Gasteiger partial charge in [0.1, 0.15) is 0 Å². The van der Waals surface area contributed by atoms with E-state index in [0.717, 1.165) is 49.4 Å². The first-order valence-corrected chi connectivity index (χ1v) is 10.9. The molecule has 2 nitrogen and oxygen atoms in total. The van der Waals surface area contributed by atoms with Crippen molar-refractivity contribution in [3.63, 3.8) is 0 Å². The molecule has 0 N–H and O–H groups in total. The lowest BCUT2D eigenvalue weighted by Crippen LogP contribution is -1.93. The Bertz CT molecular complexity index is 2010. The van der Waals surface area contributed by atoms with Crippen LogP contribution in [0.4, 0.5) is 0 Å². The van der Waals surface area contributed by atoms with Crippen molar-refractivity contribution in [2.45, 2.75) is 0 Å². The second-order valence-corrected chi connectivity index (χ2v) is 8.19. The maximum atomic E-state index is 8.87. The fraction of sp³-hybridized carbons (Fsp3) is 0. The van der Waals surface area contributed by atoms with Crippen LogP contribution in [0, 0.1) is 0 Å². The van der Waals surface area contributed by atoms with Gasteiger partial charge >= 0.3 is 0 Å². The average molecular weight is 425 g/mol. The molecule has 2 heterocycles. The number of rotatable bonds is 2. The van der Waals surface area contributed by atoms with E-state index in [1.165, 1.54) is 0 Å². The van der Waals surface area contributed by atoms with Gasteiger partial charge < -0.3 is 4.57 Å². The molecular weight excluding hydrogens is 400 g/mol. The molecule has 0 aliphatic rings. The third-order valence-corrected chi connectivity index (χ3v) is 6.36. The molecule has 0 saturated carbocycles. The summed E-state index contributed by atoms with van der Waals surface area (Å²) < 4.78 is 36.7.